The van der Waals surface area contributed by atoms with E-state index in [4.69, 9.17) is 5.73 Å². The van der Waals surface area contributed by atoms with E-state index in [0.29, 0.717) is 23.6 Å². The van der Waals surface area contributed by atoms with E-state index < -0.39 is 11.6 Å². The maximum absolute atomic E-state index is 14.2. The van der Waals surface area contributed by atoms with Crippen LogP contribution < -0.4 is 5.73 Å². The molecular weight excluding hydrogens is 336 g/mol. The Hall–Kier alpha value is -3.35. The number of benzene rings is 2. The van der Waals surface area contributed by atoms with Crippen LogP contribution in [0.2, 0.25) is 0 Å². The molecule has 0 amide bonds. The van der Waals surface area contributed by atoms with Gasteiger partial charge >= 0.3 is 0 Å². The zero-order chi connectivity index (χ0) is 18.3. The summed E-state index contributed by atoms with van der Waals surface area (Å²) < 4.78 is 29.3. The smallest absolute Gasteiger partial charge is 0.198 e. The maximum atomic E-state index is 14.2. The average molecular weight is 351 g/mol. The number of aryl methyl sites for hydroxylation is 1. The minimum absolute atomic E-state index is 0.0382. The van der Waals surface area contributed by atoms with Crippen LogP contribution in [0.3, 0.4) is 0 Å². The van der Waals surface area contributed by atoms with Crippen LogP contribution >= 0.6 is 0 Å². The lowest BCUT2D eigenvalue weighted by Crippen LogP contribution is -2.06. The fraction of sp³-hybridized carbons (Fsp3) is 0.105. The second-order valence-corrected chi connectivity index (χ2v) is 5.96. The van der Waals surface area contributed by atoms with Crippen LogP contribution in [0.1, 0.15) is 17.1 Å². The van der Waals surface area contributed by atoms with Gasteiger partial charge in [-0.05, 0) is 24.6 Å². The minimum Gasteiger partial charge on any atom is -0.381 e. The molecular formula is C19H15F2N5. The van der Waals surface area contributed by atoms with Gasteiger partial charge in [0.15, 0.2) is 28.9 Å². The van der Waals surface area contributed by atoms with Crippen molar-refractivity contribution in [1.29, 1.82) is 0 Å². The van der Waals surface area contributed by atoms with Crippen molar-refractivity contribution in [2.45, 2.75) is 13.3 Å². The van der Waals surface area contributed by atoms with Gasteiger partial charge < -0.3 is 5.73 Å². The monoisotopic (exact) mass is 351 g/mol. The van der Waals surface area contributed by atoms with Gasteiger partial charge in [-0.3, -0.25) is 0 Å². The largest absolute Gasteiger partial charge is 0.381 e. The third-order valence-corrected chi connectivity index (χ3v) is 4.18. The second kappa shape index (κ2) is 6.18. The number of nitrogens with two attached hydrogens (primary N) is 1. The molecule has 2 aromatic heterocycles. The van der Waals surface area contributed by atoms with Crippen molar-refractivity contribution in [2.24, 2.45) is 0 Å². The molecule has 4 rings (SSSR count). The molecule has 130 valence electrons. The number of anilines is 1. The van der Waals surface area contributed by atoms with Crippen molar-refractivity contribution < 1.29 is 8.78 Å². The third kappa shape index (κ3) is 2.67. The molecule has 0 bridgehead atoms. The summed E-state index contributed by atoms with van der Waals surface area (Å²) in [7, 11) is 0. The van der Waals surface area contributed by atoms with Crippen LogP contribution in [0, 0.1) is 18.6 Å². The molecule has 0 saturated carbocycles. The highest BCUT2D eigenvalue weighted by Crippen LogP contribution is 2.28. The van der Waals surface area contributed by atoms with Gasteiger partial charge in [0.2, 0.25) is 0 Å². The Morgan fingerprint density at radius 2 is 1.77 bits per heavy atom. The number of halogens is 2. The molecule has 26 heavy (non-hydrogen) atoms. The maximum Gasteiger partial charge on any atom is 0.198 e. The number of rotatable bonds is 3. The summed E-state index contributed by atoms with van der Waals surface area (Å²) in [6, 6.07) is 13.7. The second-order valence-electron chi connectivity index (χ2n) is 5.96. The summed E-state index contributed by atoms with van der Waals surface area (Å²) >= 11 is 0. The standard InChI is InChI=1S/C19H15F2N5/c1-11-17(13-8-5-9-14(20)16(13)21)24-18(22)19-23-15(25-26(11)19)10-12-6-3-2-4-7-12/h2-9H,10H2,1H3,(H2,22,24). The van der Waals surface area contributed by atoms with Crippen LogP contribution in [0.25, 0.3) is 16.9 Å². The van der Waals surface area contributed by atoms with Crippen LogP contribution in [0.5, 0.6) is 0 Å². The molecule has 0 aliphatic heterocycles. The van der Waals surface area contributed by atoms with Gasteiger partial charge in [-0.1, -0.05) is 36.4 Å². The first-order chi connectivity index (χ1) is 12.5. The molecule has 4 aromatic rings. The van der Waals surface area contributed by atoms with Crippen molar-refractivity contribution in [3.63, 3.8) is 0 Å². The molecule has 7 heteroatoms. The van der Waals surface area contributed by atoms with Crippen molar-refractivity contribution in [3.8, 4) is 11.3 Å². The summed E-state index contributed by atoms with van der Waals surface area (Å²) in [5, 5.41) is 4.48. The number of nitrogen functional groups attached to an aromatic ring is 1. The van der Waals surface area contributed by atoms with Crippen LogP contribution in [0.4, 0.5) is 14.6 Å². The molecule has 0 spiro atoms. The van der Waals surface area contributed by atoms with E-state index in [0.717, 1.165) is 11.6 Å². The third-order valence-electron chi connectivity index (χ3n) is 4.18. The summed E-state index contributed by atoms with van der Waals surface area (Å²) in [5.74, 6) is -1.22. The number of fused-ring (bicyclic) bond motifs is 1. The molecule has 0 radical (unpaired) electrons. The summed E-state index contributed by atoms with van der Waals surface area (Å²) in [5.41, 5.74) is 8.27. The Kier molecular flexibility index (Phi) is 3.84. The zero-order valence-electron chi connectivity index (χ0n) is 13.9. The van der Waals surface area contributed by atoms with Crippen LogP contribution in [-0.4, -0.2) is 19.6 Å². The predicted octanol–water partition coefficient (Wildman–Crippen LogP) is 3.55. The quantitative estimate of drug-likeness (QED) is 0.613. The first kappa shape index (κ1) is 16.1. The van der Waals surface area contributed by atoms with E-state index >= 15 is 0 Å². The van der Waals surface area contributed by atoms with E-state index in [1.807, 2.05) is 30.3 Å². The van der Waals surface area contributed by atoms with Gasteiger partial charge in [0, 0.05) is 12.0 Å². The van der Waals surface area contributed by atoms with E-state index in [-0.39, 0.29) is 17.1 Å². The average Bonchev–Trinajstić information content (AvgIpc) is 3.06. The van der Waals surface area contributed by atoms with Crippen molar-refractivity contribution >= 4 is 11.5 Å². The number of nitrogens with zero attached hydrogens (tertiary/aromatic N) is 4. The Balaban J connectivity index is 1.85. The van der Waals surface area contributed by atoms with Crippen molar-refractivity contribution in [3.05, 3.63) is 77.2 Å². The Labute approximate surface area is 148 Å². The van der Waals surface area contributed by atoms with Gasteiger partial charge in [-0.25, -0.2) is 23.3 Å². The number of aromatic nitrogens is 4. The lowest BCUT2D eigenvalue weighted by Gasteiger charge is -2.09. The van der Waals surface area contributed by atoms with Crippen molar-refractivity contribution in [1.82, 2.24) is 19.6 Å². The van der Waals surface area contributed by atoms with E-state index in [1.165, 1.54) is 16.6 Å². The van der Waals surface area contributed by atoms with Crippen LogP contribution in [-0.2, 0) is 6.42 Å². The van der Waals surface area contributed by atoms with E-state index in [9.17, 15) is 8.78 Å². The number of hydrogen-bond donors (Lipinski definition) is 1. The fourth-order valence-electron chi connectivity index (χ4n) is 2.90. The van der Waals surface area contributed by atoms with Gasteiger partial charge in [0.25, 0.3) is 0 Å². The van der Waals surface area contributed by atoms with Gasteiger partial charge in [-0.2, -0.15) is 5.10 Å². The molecule has 2 aromatic carbocycles. The molecule has 0 unspecified atom stereocenters. The molecule has 0 fully saturated rings. The highest BCUT2D eigenvalue weighted by Gasteiger charge is 2.19. The summed E-state index contributed by atoms with van der Waals surface area (Å²) in [6.45, 7) is 1.72. The Bertz CT molecular complexity index is 1110. The molecule has 5 nitrogen and oxygen atoms in total. The van der Waals surface area contributed by atoms with Crippen molar-refractivity contribution in [2.75, 3.05) is 5.73 Å². The molecule has 0 atom stereocenters. The highest BCUT2D eigenvalue weighted by molar-refractivity contribution is 5.70. The first-order valence-electron chi connectivity index (χ1n) is 8.04. The Morgan fingerprint density at radius 3 is 2.54 bits per heavy atom. The van der Waals surface area contributed by atoms with Gasteiger partial charge in [-0.15, -0.1) is 0 Å². The van der Waals surface area contributed by atoms with Crippen LogP contribution in [0.15, 0.2) is 48.5 Å². The molecule has 2 heterocycles. The zero-order valence-corrected chi connectivity index (χ0v) is 13.9. The highest BCUT2D eigenvalue weighted by atomic mass is 19.2. The predicted molar refractivity (Wildman–Crippen MR) is 94.5 cm³/mol. The molecule has 0 saturated heterocycles. The normalized spacial score (nSPS) is 11.2. The number of hydrogen-bond acceptors (Lipinski definition) is 4. The van der Waals surface area contributed by atoms with E-state index in [2.05, 4.69) is 15.1 Å². The fourth-order valence-corrected chi connectivity index (χ4v) is 2.90. The topological polar surface area (TPSA) is 69.1 Å². The lowest BCUT2D eigenvalue weighted by atomic mass is 10.1. The summed E-state index contributed by atoms with van der Waals surface area (Å²) in [6.07, 6.45) is 0.533. The molecule has 2 N–H and O–H groups in total. The van der Waals surface area contributed by atoms with E-state index in [1.54, 1.807) is 6.92 Å². The molecule has 0 aliphatic carbocycles. The Morgan fingerprint density at radius 1 is 1.00 bits per heavy atom. The minimum atomic E-state index is -0.966. The van der Waals surface area contributed by atoms with Gasteiger partial charge in [0.05, 0.1) is 11.4 Å². The lowest BCUT2D eigenvalue weighted by molar-refractivity contribution is 0.511. The summed E-state index contributed by atoms with van der Waals surface area (Å²) in [4.78, 5) is 8.68. The van der Waals surface area contributed by atoms with Gasteiger partial charge in [0.1, 0.15) is 0 Å². The SMILES string of the molecule is Cc1c(-c2cccc(F)c2F)nc(N)c2nc(Cc3ccccc3)nn12. The molecule has 0 aliphatic rings. The first-order valence-corrected chi connectivity index (χ1v) is 8.04.